The van der Waals surface area contributed by atoms with Gasteiger partial charge in [0.15, 0.2) is 5.82 Å². The van der Waals surface area contributed by atoms with Gasteiger partial charge in [-0.25, -0.2) is 17.7 Å². The van der Waals surface area contributed by atoms with Crippen molar-refractivity contribution in [2.75, 3.05) is 53.8 Å². The zero-order valence-electron chi connectivity index (χ0n) is 23.5. The van der Waals surface area contributed by atoms with E-state index in [0.717, 1.165) is 48.5 Å². The molecule has 2 aliphatic heterocycles. The van der Waals surface area contributed by atoms with Crippen LogP contribution in [0.2, 0.25) is 0 Å². The van der Waals surface area contributed by atoms with Gasteiger partial charge in [-0.2, -0.15) is 4.98 Å². The molecular formula is C30H35N7O3S. The largest absolute Gasteiger partial charge is 0.392 e. The summed E-state index contributed by atoms with van der Waals surface area (Å²) in [5, 5.41) is 13.7. The first-order chi connectivity index (χ1) is 19.6. The van der Waals surface area contributed by atoms with Crippen molar-refractivity contribution in [3.05, 3.63) is 72.6 Å². The molecule has 0 bridgehead atoms. The number of pyridine rings is 1. The smallest absolute Gasteiger partial charge is 0.267 e. The van der Waals surface area contributed by atoms with Crippen LogP contribution in [0, 0.1) is 0 Å². The molecule has 214 valence electrons. The van der Waals surface area contributed by atoms with E-state index in [0.29, 0.717) is 23.8 Å². The number of hydrogen-bond donors (Lipinski definition) is 2. The van der Waals surface area contributed by atoms with Crippen LogP contribution in [0.3, 0.4) is 0 Å². The summed E-state index contributed by atoms with van der Waals surface area (Å²) >= 11 is 0. The predicted octanol–water partition coefficient (Wildman–Crippen LogP) is 3.76. The van der Waals surface area contributed by atoms with Crippen LogP contribution in [-0.2, 0) is 15.4 Å². The molecule has 0 amide bonds. The highest BCUT2D eigenvalue weighted by molar-refractivity contribution is 7.93. The van der Waals surface area contributed by atoms with E-state index >= 15 is 0 Å². The third-order valence-electron chi connectivity index (χ3n) is 7.82. The molecule has 0 radical (unpaired) electrons. The molecular weight excluding hydrogens is 538 g/mol. The highest BCUT2D eigenvalue weighted by Gasteiger charge is 2.43. The van der Waals surface area contributed by atoms with Crippen LogP contribution >= 0.6 is 0 Å². The van der Waals surface area contributed by atoms with Gasteiger partial charge in [0.05, 0.1) is 11.6 Å². The lowest BCUT2D eigenvalue weighted by atomic mass is 9.89. The third kappa shape index (κ3) is 5.32. The first-order valence-corrected chi connectivity index (χ1v) is 15.3. The van der Waals surface area contributed by atoms with Gasteiger partial charge in [0, 0.05) is 79.4 Å². The van der Waals surface area contributed by atoms with Gasteiger partial charge < -0.3 is 15.3 Å². The Kier molecular flexibility index (Phi) is 7.04. The lowest BCUT2D eigenvalue weighted by molar-refractivity contribution is 0.123. The third-order valence-corrected chi connectivity index (χ3v) is 9.59. The number of β-amino-alcohol motifs (C(OH)–C–C–N with tert-alkyl or cyclic N) is 1. The molecule has 6 rings (SSSR count). The maximum Gasteiger partial charge on any atom is 0.267 e. The van der Waals surface area contributed by atoms with Crippen molar-refractivity contribution in [3.63, 3.8) is 0 Å². The second-order valence-electron chi connectivity index (χ2n) is 11.5. The molecule has 0 saturated carbocycles. The van der Waals surface area contributed by atoms with Crippen LogP contribution < -0.4 is 14.5 Å². The lowest BCUT2D eigenvalue weighted by Gasteiger charge is -2.36. The van der Waals surface area contributed by atoms with E-state index in [-0.39, 0.29) is 17.5 Å². The fourth-order valence-corrected chi connectivity index (χ4v) is 7.43. The molecule has 0 unspecified atom stereocenters. The average Bonchev–Trinajstić information content (AvgIpc) is 3.24. The summed E-state index contributed by atoms with van der Waals surface area (Å²) in [6, 6.07) is 16.9. The van der Waals surface area contributed by atoms with Gasteiger partial charge in [0.25, 0.3) is 10.0 Å². The Hall–Kier alpha value is -3.80. The van der Waals surface area contributed by atoms with E-state index in [1.807, 2.05) is 45.0 Å². The van der Waals surface area contributed by atoms with Gasteiger partial charge in [-0.3, -0.25) is 9.88 Å². The van der Waals surface area contributed by atoms with Crippen LogP contribution in [0.1, 0.15) is 26.3 Å². The van der Waals surface area contributed by atoms with Crippen molar-refractivity contribution in [2.45, 2.75) is 37.2 Å². The van der Waals surface area contributed by atoms with Crippen molar-refractivity contribution >= 4 is 44.1 Å². The average molecular weight is 574 g/mol. The molecule has 2 N–H and O–H groups in total. The van der Waals surface area contributed by atoms with Gasteiger partial charge in [0.1, 0.15) is 4.90 Å². The zero-order valence-corrected chi connectivity index (χ0v) is 24.3. The van der Waals surface area contributed by atoms with Crippen molar-refractivity contribution < 1.29 is 13.5 Å². The van der Waals surface area contributed by atoms with Crippen molar-refractivity contribution in [1.82, 2.24) is 19.9 Å². The fraction of sp³-hybridized carbons (Fsp3) is 0.367. The van der Waals surface area contributed by atoms with Crippen LogP contribution in [-0.4, -0.2) is 78.7 Å². The number of nitrogens with one attached hydrogen (secondary N) is 1. The van der Waals surface area contributed by atoms with Crippen molar-refractivity contribution in [3.8, 4) is 0 Å². The van der Waals surface area contributed by atoms with Gasteiger partial charge in [-0.05, 0) is 43.3 Å². The van der Waals surface area contributed by atoms with Gasteiger partial charge in [0.2, 0.25) is 5.95 Å². The summed E-state index contributed by atoms with van der Waals surface area (Å²) in [5.74, 6) is 0.712. The molecule has 1 atom stereocenters. The minimum Gasteiger partial charge on any atom is -0.392 e. The molecule has 41 heavy (non-hydrogen) atoms. The predicted molar refractivity (Wildman–Crippen MR) is 161 cm³/mol. The van der Waals surface area contributed by atoms with E-state index in [2.05, 4.69) is 37.2 Å². The fourth-order valence-electron chi connectivity index (χ4n) is 5.67. The number of benzene rings is 2. The van der Waals surface area contributed by atoms with Crippen LogP contribution in [0.15, 0.2) is 71.9 Å². The molecule has 2 aromatic carbocycles. The molecule has 1 saturated heterocycles. The number of para-hydroxylation sites is 1. The number of aliphatic hydroxyl groups excluding tert-OH is 1. The second-order valence-corrected chi connectivity index (χ2v) is 13.3. The molecule has 11 heteroatoms. The Morgan fingerprint density at radius 1 is 1.00 bits per heavy atom. The molecule has 0 spiro atoms. The highest BCUT2D eigenvalue weighted by atomic mass is 32.2. The molecule has 0 aliphatic carbocycles. The number of rotatable bonds is 7. The van der Waals surface area contributed by atoms with E-state index < -0.39 is 15.4 Å². The minimum atomic E-state index is -3.94. The highest BCUT2D eigenvalue weighted by Crippen LogP contribution is 2.42. The van der Waals surface area contributed by atoms with Gasteiger partial charge in [-0.1, -0.05) is 32.0 Å². The number of piperazine rings is 1. The normalized spacial score (nSPS) is 18.0. The SMILES string of the molecule is C[C@@H](O)CN1CCN(c2ccc(Nc3ncc4c(n3)N(S(=O)(=O)c3cccc5cccnc35)CC4(C)C)cc2)CC1. The first kappa shape index (κ1) is 27.4. The van der Waals surface area contributed by atoms with Crippen LogP contribution in [0.4, 0.5) is 23.1 Å². The number of aromatic nitrogens is 3. The Bertz CT molecular complexity index is 1660. The van der Waals surface area contributed by atoms with Crippen molar-refractivity contribution in [1.29, 1.82) is 0 Å². The lowest BCUT2D eigenvalue weighted by Crippen LogP contribution is -2.48. The zero-order chi connectivity index (χ0) is 28.8. The monoisotopic (exact) mass is 573 g/mol. The maximum atomic E-state index is 14.0. The Labute approximate surface area is 240 Å². The Morgan fingerprint density at radius 3 is 2.46 bits per heavy atom. The second kappa shape index (κ2) is 10.6. The summed E-state index contributed by atoms with van der Waals surface area (Å²) in [6.07, 6.45) is 3.01. The topological polar surface area (TPSA) is 115 Å². The molecule has 2 aliphatic rings. The molecule has 10 nitrogen and oxygen atoms in total. The Morgan fingerprint density at radius 2 is 1.73 bits per heavy atom. The molecule has 1 fully saturated rings. The summed E-state index contributed by atoms with van der Waals surface area (Å²) < 4.78 is 29.4. The maximum absolute atomic E-state index is 14.0. The quantitative estimate of drug-likeness (QED) is 0.341. The Balaban J connectivity index is 1.23. The summed E-state index contributed by atoms with van der Waals surface area (Å²) in [4.78, 5) is 18.4. The van der Waals surface area contributed by atoms with E-state index in [1.54, 1.807) is 30.6 Å². The number of sulfonamides is 1. The summed E-state index contributed by atoms with van der Waals surface area (Å²) in [6.45, 7) is 10.4. The minimum absolute atomic E-state index is 0.162. The standard InChI is InChI=1S/C30H35N7O3S/c1-21(38)19-35-14-16-36(17-15-35)24-11-9-23(10-12-24)33-29-32-18-25-28(34-29)37(20-30(25,2)3)41(39,40)26-8-4-6-22-7-5-13-31-27(22)26/h4-13,18,21,38H,14-17,19-20H2,1-3H3,(H,32,33,34)/t21-/m1/s1. The van der Waals surface area contributed by atoms with E-state index in [9.17, 15) is 13.5 Å². The van der Waals surface area contributed by atoms with E-state index in [4.69, 9.17) is 4.98 Å². The number of anilines is 4. The van der Waals surface area contributed by atoms with E-state index in [1.165, 1.54) is 4.31 Å². The van der Waals surface area contributed by atoms with Gasteiger partial charge >= 0.3 is 0 Å². The molecule has 4 aromatic rings. The number of fused-ring (bicyclic) bond motifs is 2. The number of nitrogens with zero attached hydrogens (tertiary/aromatic N) is 6. The van der Waals surface area contributed by atoms with Crippen LogP contribution in [0.5, 0.6) is 0 Å². The van der Waals surface area contributed by atoms with Gasteiger partial charge in [-0.15, -0.1) is 0 Å². The number of hydrogen-bond acceptors (Lipinski definition) is 9. The summed E-state index contributed by atoms with van der Waals surface area (Å²) in [5.41, 5.74) is 2.71. The van der Waals surface area contributed by atoms with Crippen LogP contribution in [0.25, 0.3) is 10.9 Å². The van der Waals surface area contributed by atoms with Crippen molar-refractivity contribution in [2.24, 2.45) is 0 Å². The first-order valence-electron chi connectivity index (χ1n) is 13.9. The summed E-state index contributed by atoms with van der Waals surface area (Å²) in [7, 11) is -3.94. The molecule has 2 aromatic heterocycles. The number of aliphatic hydroxyl groups is 1. The molecule has 4 heterocycles.